The molecule has 5 nitrogen and oxygen atoms in total. The molecule has 0 spiro atoms. The van der Waals surface area contributed by atoms with E-state index in [9.17, 15) is 4.79 Å². The molecule has 5 heteroatoms. The second kappa shape index (κ2) is 8.65. The minimum absolute atomic E-state index is 0.102. The van der Waals surface area contributed by atoms with Gasteiger partial charge in [0, 0.05) is 18.0 Å². The van der Waals surface area contributed by atoms with Gasteiger partial charge in [-0.2, -0.15) is 0 Å². The van der Waals surface area contributed by atoms with Crippen LogP contribution in [0.3, 0.4) is 0 Å². The summed E-state index contributed by atoms with van der Waals surface area (Å²) in [6.45, 7) is 13.8. The molecule has 1 amide bonds. The fraction of sp³-hybridized carbons (Fsp3) is 0.789. The van der Waals surface area contributed by atoms with Crippen molar-refractivity contribution in [2.24, 2.45) is 0 Å². The van der Waals surface area contributed by atoms with Crippen LogP contribution in [-0.4, -0.2) is 40.6 Å². The minimum Gasteiger partial charge on any atom is -0.361 e. The fourth-order valence-corrected chi connectivity index (χ4v) is 3.81. The van der Waals surface area contributed by atoms with Gasteiger partial charge in [0.2, 0.25) is 0 Å². The summed E-state index contributed by atoms with van der Waals surface area (Å²) in [5, 5.41) is 7.11. The van der Waals surface area contributed by atoms with Crippen LogP contribution in [0.1, 0.15) is 83.5 Å². The lowest BCUT2D eigenvalue weighted by molar-refractivity contribution is 0.0200. The summed E-state index contributed by atoms with van der Waals surface area (Å²) in [7, 11) is 2.17. The molecule has 0 saturated carbocycles. The van der Waals surface area contributed by atoms with Gasteiger partial charge in [0.15, 0.2) is 5.69 Å². The molecule has 0 aliphatic heterocycles. The smallest absolute Gasteiger partial charge is 0.273 e. The first kappa shape index (κ1) is 20.7. The number of nitrogens with one attached hydrogen (secondary N) is 1. The lowest BCUT2D eigenvalue weighted by atomic mass is 9.73. The third-order valence-corrected chi connectivity index (χ3v) is 5.48. The Labute approximate surface area is 147 Å². The van der Waals surface area contributed by atoms with Gasteiger partial charge >= 0.3 is 0 Å². The molecule has 1 N–H and O–H groups in total. The molecule has 0 radical (unpaired) electrons. The van der Waals surface area contributed by atoms with Crippen LogP contribution >= 0.6 is 0 Å². The molecule has 138 valence electrons. The molecular weight excluding hydrogens is 302 g/mol. The van der Waals surface area contributed by atoms with Crippen LogP contribution in [0.25, 0.3) is 0 Å². The summed E-state index contributed by atoms with van der Waals surface area (Å²) < 4.78 is 5.17. The molecular formula is C19H35N3O2. The van der Waals surface area contributed by atoms with Gasteiger partial charge in [0.1, 0.15) is 5.76 Å². The average molecular weight is 338 g/mol. The Morgan fingerprint density at radius 3 is 2.33 bits per heavy atom. The van der Waals surface area contributed by atoms with Crippen LogP contribution in [0, 0.1) is 0 Å². The molecule has 1 rings (SSSR count). The van der Waals surface area contributed by atoms with Gasteiger partial charge in [-0.15, -0.1) is 0 Å². The van der Waals surface area contributed by atoms with Crippen molar-refractivity contribution in [2.45, 2.75) is 84.7 Å². The number of nitrogens with zero attached hydrogens (tertiary/aromatic N) is 2. The van der Waals surface area contributed by atoms with Crippen LogP contribution in [0.5, 0.6) is 0 Å². The second-order valence-corrected chi connectivity index (χ2v) is 7.12. The number of likely N-dealkylation sites (N-methyl/N-ethyl adjacent to an activating group) is 1. The number of unbranched alkanes of at least 4 members (excludes halogenated alkanes) is 1. The quantitative estimate of drug-likeness (QED) is 0.700. The highest BCUT2D eigenvalue weighted by molar-refractivity contribution is 5.92. The van der Waals surface area contributed by atoms with Crippen molar-refractivity contribution in [3.05, 3.63) is 17.5 Å². The van der Waals surface area contributed by atoms with E-state index >= 15 is 0 Å². The van der Waals surface area contributed by atoms with E-state index in [0.29, 0.717) is 5.69 Å². The van der Waals surface area contributed by atoms with Gasteiger partial charge < -0.3 is 9.84 Å². The van der Waals surface area contributed by atoms with E-state index in [1.807, 2.05) is 6.92 Å². The molecule has 0 atom stereocenters. The van der Waals surface area contributed by atoms with Gasteiger partial charge in [-0.05, 0) is 46.7 Å². The van der Waals surface area contributed by atoms with Gasteiger partial charge in [-0.1, -0.05) is 39.3 Å². The number of carbonyl (C=O) groups excluding carboxylic acids is 1. The summed E-state index contributed by atoms with van der Waals surface area (Å²) in [5.74, 6) is 0.564. The summed E-state index contributed by atoms with van der Waals surface area (Å²) in [6, 6.07) is 1.73. The fourth-order valence-electron chi connectivity index (χ4n) is 3.81. The molecule has 0 aliphatic carbocycles. The van der Waals surface area contributed by atoms with Crippen LogP contribution in [0.2, 0.25) is 0 Å². The normalized spacial score (nSPS) is 12.7. The first-order chi connectivity index (χ1) is 11.3. The molecule has 0 fully saturated rings. The highest BCUT2D eigenvalue weighted by Crippen LogP contribution is 2.35. The third-order valence-electron chi connectivity index (χ3n) is 5.48. The Bertz CT molecular complexity index is 518. The number of aromatic nitrogens is 1. The van der Waals surface area contributed by atoms with Crippen molar-refractivity contribution in [1.29, 1.82) is 0 Å². The van der Waals surface area contributed by atoms with E-state index in [0.717, 1.165) is 38.0 Å². The Kier molecular flexibility index (Phi) is 7.46. The van der Waals surface area contributed by atoms with Gasteiger partial charge in [-0.25, -0.2) is 0 Å². The van der Waals surface area contributed by atoms with Crippen LogP contribution in [0.4, 0.5) is 0 Å². The van der Waals surface area contributed by atoms with Crippen molar-refractivity contribution >= 4 is 5.91 Å². The predicted molar refractivity (Wildman–Crippen MR) is 98.3 cm³/mol. The molecule has 0 bridgehead atoms. The highest BCUT2D eigenvalue weighted by Gasteiger charge is 2.46. The molecule has 1 aromatic heterocycles. The lowest BCUT2D eigenvalue weighted by Gasteiger charge is -2.52. The minimum atomic E-state index is -0.387. The number of aryl methyl sites for hydroxylation is 1. The number of amides is 1. The largest absolute Gasteiger partial charge is 0.361 e. The topological polar surface area (TPSA) is 58.4 Å². The lowest BCUT2D eigenvalue weighted by Crippen LogP contribution is -2.67. The summed E-state index contributed by atoms with van der Waals surface area (Å²) in [5.41, 5.74) is -0.131. The molecule has 0 unspecified atom stereocenters. The van der Waals surface area contributed by atoms with Crippen molar-refractivity contribution in [3.63, 3.8) is 0 Å². The maximum absolute atomic E-state index is 12.7. The van der Waals surface area contributed by atoms with Crippen molar-refractivity contribution in [3.8, 4) is 0 Å². The molecule has 1 aromatic rings. The Hall–Kier alpha value is -1.36. The molecule has 24 heavy (non-hydrogen) atoms. The first-order valence-electron chi connectivity index (χ1n) is 9.27. The standard InChI is InChI=1S/C19H35N3O2/c1-8-12-13-22(7)19(10-3,11-4)18(5,6)20-17(23)16-14-15(9-2)24-21-16/h14H,8-13H2,1-7H3,(H,20,23). The van der Waals surface area contributed by atoms with E-state index in [4.69, 9.17) is 4.52 Å². The maximum atomic E-state index is 12.7. The second-order valence-electron chi connectivity index (χ2n) is 7.12. The van der Waals surface area contributed by atoms with E-state index in [2.05, 4.69) is 57.0 Å². The van der Waals surface area contributed by atoms with E-state index in [-0.39, 0.29) is 17.0 Å². The zero-order chi connectivity index (χ0) is 18.4. The van der Waals surface area contributed by atoms with Crippen molar-refractivity contribution in [1.82, 2.24) is 15.4 Å². The van der Waals surface area contributed by atoms with Gasteiger partial charge in [0.05, 0.1) is 5.54 Å². The molecule has 0 aromatic carbocycles. The third kappa shape index (κ3) is 4.18. The molecule has 0 saturated heterocycles. The summed E-state index contributed by atoms with van der Waals surface area (Å²) >= 11 is 0. The van der Waals surface area contributed by atoms with E-state index in [1.54, 1.807) is 6.07 Å². The monoisotopic (exact) mass is 337 g/mol. The molecule has 0 aliphatic rings. The van der Waals surface area contributed by atoms with E-state index in [1.165, 1.54) is 6.42 Å². The van der Waals surface area contributed by atoms with Gasteiger partial charge in [-0.3, -0.25) is 9.69 Å². The van der Waals surface area contributed by atoms with Crippen LogP contribution < -0.4 is 5.32 Å². The Morgan fingerprint density at radius 1 is 1.25 bits per heavy atom. The van der Waals surface area contributed by atoms with Crippen molar-refractivity contribution in [2.75, 3.05) is 13.6 Å². The van der Waals surface area contributed by atoms with Crippen molar-refractivity contribution < 1.29 is 9.32 Å². The Balaban J connectivity index is 3.00. The Morgan fingerprint density at radius 2 is 1.88 bits per heavy atom. The SMILES string of the molecule is CCCCN(C)C(CC)(CC)C(C)(C)NC(=O)c1cc(CC)on1. The van der Waals surface area contributed by atoms with Crippen LogP contribution in [-0.2, 0) is 6.42 Å². The first-order valence-corrected chi connectivity index (χ1v) is 9.27. The summed E-state index contributed by atoms with van der Waals surface area (Å²) in [6.07, 6.45) is 4.99. The summed E-state index contributed by atoms with van der Waals surface area (Å²) in [4.78, 5) is 15.1. The molecule has 1 heterocycles. The number of carbonyl (C=O) groups is 1. The zero-order valence-corrected chi connectivity index (χ0v) is 16.5. The average Bonchev–Trinajstić information content (AvgIpc) is 3.03. The number of hydrogen-bond acceptors (Lipinski definition) is 4. The van der Waals surface area contributed by atoms with E-state index < -0.39 is 0 Å². The maximum Gasteiger partial charge on any atom is 0.273 e. The van der Waals surface area contributed by atoms with Crippen LogP contribution in [0.15, 0.2) is 10.6 Å². The van der Waals surface area contributed by atoms with Gasteiger partial charge in [0.25, 0.3) is 5.91 Å². The number of hydrogen-bond donors (Lipinski definition) is 1. The highest BCUT2D eigenvalue weighted by atomic mass is 16.5. The zero-order valence-electron chi connectivity index (χ0n) is 16.5. The predicted octanol–water partition coefficient (Wildman–Crippen LogP) is 4.04. The number of rotatable bonds is 10.